The molecule has 2 atom stereocenters. The second-order valence-electron chi connectivity index (χ2n) is 3.62. The molecule has 1 aliphatic rings. The van der Waals surface area contributed by atoms with Crippen molar-refractivity contribution in [2.45, 2.75) is 19.9 Å². The smallest absolute Gasteiger partial charge is 0.245 e. The van der Waals surface area contributed by atoms with Crippen LogP contribution in [0.4, 0.5) is 0 Å². The van der Waals surface area contributed by atoms with E-state index in [1.54, 1.807) is 13.8 Å². The van der Waals surface area contributed by atoms with Gasteiger partial charge in [-0.25, -0.2) is 0 Å². The summed E-state index contributed by atoms with van der Waals surface area (Å²) in [5, 5.41) is 2.53. The van der Waals surface area contributed by atoms with Crippen LogP contribution in [-0.2, 0) is 14.4 Å². The van der Waals surface area contributed by atoms with Crippen LogP contribution in [0.15, 0.2) is 0 Å². The minimum absolute atomic E-state index is 0.0569. The van der Waals surface area contributed by atoms with E-state index in [1.165, 1.54) is 4.90 Å². The lowest BCUT2D eigenvalue weighted by molar-refractivity contribution is -0.144. The Morgan fingerprint density at radius 1 is 1.64 bits per heavy atom. The Morgan fingerprint density at radius 3 is 2.86 bits per heavy atom. The maximum atomic E-state index is 11.5. The normalized spacial score (nSPS) is 24.4. The summed E-state index contributed by atoms with van der Waals surface area (Å²) in [7, 11) is 0. The SMILES string of the molecule is CC(C=O)CN1CC(=O)NC(C)C1=O. The van der Waals surface area contributed by atoms with Crippen LogP contribution in [0.3, 0.4) is 0 Å². The number of nitrogens with zero attached hydrogens (tertiary/aromatic N) is 1. The van der Waals surface area contributed by atoms with Crippen LogP contribution in [0, 0.1) is 5.92 Å². The van der Waals surface area contributed by atoms with Gasteiger partial charge in [0.2, 0.25) is 11.8 Å². The molecule has 1 saturated heterocycles. The molecule has 78 valence electrons. The zero-order valence-electron chi connectivity index (χ0n) is 8.32. The molecule has 0 aromatic carbocycles. The van der Waals surface area contributed by atoms with E-state index < -0.39 is 6.04 Å². The second kappa shape index (κ2) is 4.21. The highest BCUT2D eigenvalue weighted by atomic mass is 16.2. The maximum absolute atomic E-state index is 11.5. The first-order valence-corrected chi connectivity index (χ1v) is 4.58. The predicted octanol–water partition coefficient (Wildman–Crippen LogP) is -0.832. The first kappa shape index (κ1) is 10.7. The van der Waals surface area contributed by atoms with Gasteiger partial charge >= 0.3 is 0 Å². The zero-order valence-corrected chi connectivity index (χ0v) is 8.32. The highest BCUT2D eigenvalue weighted by molar-refractivity contribution is 5.94. The van der Waals surface area contributed by atoms with Gasteiger partial charge in [-0.2, -0.15) is 0 Å². The van der Waals surface area contributed by atoms with Gasteiger partial charge in [-0.05, 0) is 6.92 Å². The molecule has 1 N–H and O–H groups in total. The quantitative estimate of drug-likeness (QED) is 0.602. The molecule has 0 radical (unpaired) electrons. The Bertz CT molecular complexity index is 265. The van der Waals surface area contributed by atoms with Crippen LogP contribution in [-0.4, -0.2) is 42.1 Å². The topological polar surface area (TPSA) is 66.5 Å². The van der Waals surface area contributed by atoms with Crippen molar-refractivity contribution < 1.29 is 14.4 Å². The molecule has 0 bridgehead atoms. The summed E-state index contributed by atoms with van der Waals surface area (Å²) in [4.78, 5) is 34.5. The molecular formula is C9H14N2O3. The van der Waals surface area contributed by atoms with Gasteiger partial charge in [-0.15, -0.1) is 0 Å². The third-order valence-electron chi connectivity index (χ3n) is 2.13. The molecule has 1 fully saturated rings. The number of hydrogen-bond donors (Lipinski definition) is 1. The van der Waals surface area contributed by atoms with Crippen molar-refractivity contribution >= 4 is 18.1 Å². The molecular weight excluding hydrogens is 184 g/mol. The summed E-state index contributed by atoms with van der Waals surface area (Å²) < 4.78 is 0. The van der Waals surface area contributed by atoms with Gasteiger partial charge in [0.05, 0.1) is 6.54 Å². The van der Waals surface area contributed by atoms with Crippen molar-refractivity contribution in [2.75, 3.05) is 13.1 Å². The summed E-state index contributed by atoms with van der Waals surface area (Å²) in [6, 6.07) is -0.477. The highest BCUT2D eigenvalue weighted by Crippen LogP contribution is 2.04. The van der Waals surface area contributed by atoms with Gasteiger partial charge in [-0.1, -0.05) is 6.92 Å². The Balaban J connectivity index is 2.62. The standard InChI is InChI=1S/C9H14N2O3/c1-6(5-12)3-11-4-8(13)10-7(2)9(11)14/h5-7H,3-4H2,1-2H3,(H,10,13). The van der Waals surface area contributed by atoms with E-state index in [2.05, 4.69) is 5.32 Å². The fourth-order valence-corrected chi connectivity index (χ4v) is 1.42. The summed E-state index contributed by atoms with van der Waals surface area (Å²) in [6.45, 7) is 3.73. The van der Waals surface area contributed by atoms with E-state index in [0.29, 0.717) is 6.54 Å². The number of carbonyl (C=O) groups excluding carboxylic acids is 3. The molecule has 0 aromatic rings. The molecule has 1 aliphatic heterocycles. The minimum Gasteiger partial charge on any atom is -0.343 e. The van der Waals surface area contributed by atoms with Crippen LogP contribution < -0.4 is 5.32 Å². The molecule has 0 aromatic heterocycles. The number of amides is 2. The number of hydrogen-bond acceptors (Lipinski definition) is 3. The summed E-state index contributed by atoms with van der Waals surface area (Å²) in [5.41, 5.74) is 0. The van der Waals surface area contributed by atoms with Crippen LogP contribution in [0.25, 0.3) is 0 Å². The lowest BCUT2D eigenvalue weighted by atomic mass is 10.1. The maximum Gasteiger partial charge on any atom is 0.245 e. The molecule has 14 heavy (non-hydrogen) atoms. The number of carbonyl (C=O) groups is 3. The Labute approximate surface area is 82.4 Å². The van der Waals surface area contributed by atoms with Crippen LogP contribution >= 0.6 is 0 Å². The van der Waals surface area contributed by atoms with Gasteiger partial charge < -0.3 is 15.0 Å². The van der Waals surface area contributed by atoms with E-state index in [0.717, 1.165) is 6.29 Å². The monoisotopic (exact) mass is 198 g/mol. The molecule has 2 amide bonds. The van der Waals surface area contributed by atoms with Crippen molar-refractivity contribution in [3.05, 3.63) is 0 Å². The predicted molar refractivity (Wildman–Crippen MR) is 49.4 cm³/mol. The molecule has 0 saturated carbocycles. The van der Waals surface area contributed by atoms with E-state index >= 15 is 0 Å². The zero-order chi connectivity index (χ0) is 10.7. The van der Waals surface area contributed by atoms with Crippen molar-refractivity contribution in [2.24, 2.45) is 5.92 Å². The van der Waals surface area contributed by atoms with E-state index in [9.17, 15) is 14.4 Å². The Hall–Kier alpha value is -1.39. The van der Waals surface area contributed by atoms with Gasteiger partial charge in [0.1, 0.15) is 12.3 Å². The van der Waals surface area contributed by atoms with E-state index in [4.69, 9.17) is 0 Å². The highest BCUT2D eigenvalue weighted by Gasteiger charge is 2.29. The Kier molecular flexibility index (Phi) is 3.22. The second-order valence-corrected chi connectivity index (χ2v) is 3.62. The third kappa shape index (κ3) is 2.31. The van der Waals surface area contributed by atoms with Crippen molar-refractivity contribution in [1.82, 2.24) is 10.2 Å². The van der Waals surface area contributed by atoms with Gasteiger partial charge in [0.25, 0.3) is 0 Å². The number of rotatable bonds is 3. The average molecular weight is 198 g/mol. The molecule has 0 aliphatic carbocycles. The van der Waals surface area contributed by atoms with Crippen LogP contribution in [0.5, 0.6) is 0 Å². The van der Waals surface area contributed by atoms with Crippen molar-refractivity contribution in [3.8, 4) is 0 Å². The molecule has 0 spiro atoms. The van der Waals surface area contributed by atoms with Crippen LogP contribution in [0.2, 0.25) is 0 Å². The largest absolute Gasteiger partial charge is 0.343 e. The fourth-order valence-electron chi connectivity index (χ4n) is 1.42. The van der Waals surface area contributed by atoms with Gasteiger partial charge in [0.15, 0.2) is 0 Å². The lowest BCUT2D eigenvalue weighted by Crippen LogP contribution is -2.57. The van der Waals surface area contributed by atoms with Crippen molar-refractivity contribution in [3.63, 3.8) is 0 Å². The molecule has 5 heteroatoms. The van der Waals surface area contributed by atoms with E-state index in [-0.39, 0.29) is 24.3 Å². The Morgan fingerprint density at radius 2 is 2.29 bits per heavy atom. The molecule has 2 unspecified atom stereocenters. The first-order valence-electron chi connectivity index (χ1n) is 4.58. The van der Waals surface area contributed by atoms with Crippen LogP contribution in [0.1, 0.15) is 13.8 Å². The van der Waals surface area contributed by atoms with Gasteiger partial charge in [-0.3, -0.25) is 9.59 Å². The van der Waals surface area contributed by atoms with E-state index in [1.807, 2.05) is 0 Å². The number of aldehydes is 1. The number of piperazine rings is 1. The first-order chi connectivity index (χ1) is 6.54. The molecule has 5 nitrogen and oxygen atoms in total. The molecule has 1 heterocycles. The fraction of sp³-hybridized carbons (Fsp3) is 0.667. The molecule has 1 rings (SSSR count). The van der Waals surface area contributed by atoms with Gasteiger partial charge in [0, 0.05) is 12.5 Å². The van der Waals surface area contributed by atoms with Crippen molar-refractivity contribution in [1.29, 1.82) is 0 Å². The minimum atomic E-state index is -0.477. The summed E-state index contributed by atoms with van der Waals surface area (Å²) in [5.74, 6) is -0.523. The third-order valence-corrected chi connectivity index (χ3v) is 2.13. The summed E-state index contributed by atoms with van der Waals surface area (Å²) in [6.07, 6.45) is 0.782. The number of nitrogens with one attached hydrogen (secondary N) is 1. The average Bonchev–Trinajstić information content (AvgIpc) is 2.13. The summed E-state index contributed by atoms with van der Waals surface area (Å²) >= 11 is 0. The lowest BCUT2D eigenvalue weighted by Gasteiger charge is -2.31.